The molecule has 0 radical (unpaired) electrons. The second-order valence-corrected chi connectivity index (χ2v) is 3.60. The van der Waals surface area contributed by atoms with Crippen LogP contribution in [0.4, 0.5) is 5.69 Å². The number of anilines is 1. The van der Waals surface area contributed by atoms with E-state index in [4.69, 9.17) is 10.8 Å². The van der Waals surface area contributed by atoms with E-state index in [0.717, 1.165) is 5.56 Å². The van der Waals surface area contributed by atoms with Crippen LogP contribution in [0.5, 0.6) is 0 Å². The lowest BCUT2D eigenvalue weighted by Gasteiger charge is -2.10. The Morgan fingerprint density at radius 3 is 2.87 bits per heavy atom. The van der Waals surface area contributed by atoms with Crippen LogP contribution in [0.3, 0.4) is 0 Å². The predicted octanol–water partition coefficient (Wildman–Crippen LogP) is 0.688. The summed E-state index contributed by atoms with van der Waals surface area (Å²) in [4.78, 5) is 11.6. The minimum absolute atomic E-state index is 0.228. The lowest BCUT2D eigenvalue weighted by molar-refractivity contribution is 0.0925. The molecule has 4 heteroatoms. The molecule has 1 aromatic carbocycles. The average molecular weight is 208 g/mol. The number of aliphatic hydroxyl groups excluding tert-OH is 1. The van der Waals surface area contributed by atoms with Gasteiger partial charge in [0.25, 0.3) is 5.91 Å². The molecule has 15 heavy (non-hydrogen) atoms. The lowest BCUT2D eigenvalue weighted by atomic mass is 10.1. The highest BCUT2D eigenvalue weighted by Gasteiger charge is 2.10. The Balaban J connectivity index is 2.78. The van der Waals surface area contributed by atoms with E-state index in [2.05, 4.69) is 5.32 Å². The topological polar surface area (TPSA) is 75.3 Å². The molecule has 0 aromatic heterocycles. The summed E-state index contributed by atoms with van der Waals surface area (Å²) in [5, 5.41) is 11.6. The smallest absolute Gasteiger partial charge is 0.253 e. The highest BCUT2D eigenvalue weighted by atomic mass is 16.3. The first-order valence-corrected chi connectivity index (χ1v) is 4.83. The molecule has 0 fully saturated rings. The van der Waals surface area contributed by atoms with E-state index in [-0.39, 0.29) is 12.5 Å². The number of hydrogen-bond donors (Lipinski definition) is 3. The van der Waals surface area contributed by atoms with Gasteiger partial charge in [-0.3, -0.25) is 4.79 Å². The van der Waals surface area contributed by atoms with Gasteiger partial charge in [-0.25, -0.2) is 0 Å². The van der Waals surface area contributed by atoms with Gasteiger partial charge in [-0.2, -0.15) is 0 Å². The number of aryl methyl sites for hydroxylation is 1. The Hall–Kier alpha value is -1.55. The van der Waals surface area contributed by atoms with Gasteiger partial charge in [-0.15, -0.1) is 0 Å². The highest BCUT2D eigenvalue weighted by molar-refractivity contribution is 5.99. The molecular formula is C11H16N2O2. The number of nitrogens with one attached hydrogen (secondary N) is 1. The Labute approximate surface area is 89.1 Å². The first-order valence-electron chi connectivity index (χ1n) is 4.83. The lowest BCUT2D eigenvalue weighted by Crippen LogP contribution is -2.31. The number of nitrogen functional groups attached to an aromatic ring is 1. The summed E-state index contributed by atoms with van der Waals surface area (Å²) in [7, 11) is 0. The van der Waals surface area contributed by atoms with Gasteiger partial charge < -0.3 is 16.2 Å². The monoisotopic (exact) mass is 208 g/mol. The summed E-state index contributed by atoms with van der Waals surface area (Å²) >= 11 is 0. The minimum atomic E-state index is -0.556. The highest BCUT2D eigenvalue weighted by Crippen LogP contribution is 2.15. The van der Waals surface area contributed by atoms with Gasteiger partial charge in [0.1, 0.15) is 0 Å². The molecule has 1 rings (SSSR count). The van der Waals surface area contributed by atoms with Gasteiger partial charge in [0.05, 0.1) is 11.7 Å². The molecule has 0 heterocycles. The van der Waals surface area contributed by atoms with E-state index in [9.17, 15) is 4.79 Å². The Kier molecular flexibility index (Phi) is 3.68. The first-order chi connectivity index (χ1) is 7.02. The van der Waals surface area contributed by atoms with Gasteiger partial charge in [0, 0.05) is 12.2 Å². The second-order valence-electron chi connectivity index (χ2n) is 3.60. The van der Waals surface area contributed by atoms with E-state index in [1.54, 1.807) is 19.1 Å². The molecule has 0 aliphatic carbocycles. The molecular weight excluding hydrogens is 192 g/mol. The fourth-order valence-corrected chi connectivity index (χ4v) is 1.21. The Bertz CT molecular complexity index is 362. The fourth-order valence-electron chi connectivity index (χ4n) is 1.21. The third-order valence-corrected chi connectivity index (χ3v) is 2.13. The summed E-state index contributed by atoms with van der Waals surface area (Å²) in [5.74, 6) is -0.253. The molecule has 0 saturated carbocycles. The van der Waals surface area contributed by atoms with Crippen LogP contribution < -0.4 is 11.1 Å². The molecule has 0 bridgehead atoms. The second kappa shape index (κ2) is 4.79. The number of carbonyl (C=O) groups is 1. The van der Waals surface area contributed by atoms with E-state index < -0.39 is 6.10 Å². The van der Waals surface area contributed by atoms with Crippen LogP contribution in [-0.4, -0.2) is 23.7 Å². The van der Waals surface area contributed by atoms with Crippen LogP contribution in [0.1, 0.15) is 22.8 Å². The van der Waals surface area contributed by atoms with E-state index >= 15 is 0 Å². The van der Waals surface area contributed by atoms with Crippen molar-refractivity contribution >= 4 is 11.6 Å². The molecule has 82 valence electrons. The van der Waals surface area contributed by atoms with Crippen LogP contribution in [0.15, 0.2) is 18.2 Å². The van der Waals surface area contributed by atoms with Gasteiger partial charge >= 0.3 is 0 Å². The molecule has 0 unspecified atom stereocenters. The molecule has 1 atom stereocenters. The average Bonchev–Trinajstić information content (AvgIpc) is 2.18. The van der Waals surface area contributed by atoms with Crippen molar-refractivity contribution in [3.8, 4) is 0 Å². The first kappa shape index (κ1) is 11.5. The van der Waals surface area contributed by atoms with Crippen molar-refractivity contribution in [2.24, 2.45) is 0 Å². The SMILES string of the molecule is Cc1cccc(C(=O)NC[C@@H](C)O)c1N. The largest absolute Gasteiger partial charge is 0.398 e. The number of aliphatic hydroxyl groups is 1. The Morgan fingerprint density at radius 2 is 2.27 bits per heavy atom. The van der Waals surface area contributed by atoms with Gasteiger partial charge in [-0.05, 0) is 25.5 Å². The summed E-state index contributed by atoms with van der Waals surface area (Å²) in [6, 6.07) is 5.30. The minimum Gasteiger partial charge on any atom is -0.398 e. The van der Waals surface area contributed by atoms with Crippen LogP contribution in [0.2, 0.25) is 0 Å². The third-order valence-electron chi connectivity index (χ3n) is 2.13. The number of para-hydroxylation sites is 1. The molecule has 0 aliphatic rings. The van der Waals surface area contributed by atoms with Crippen LogP contribution >= 0.6 is 0 Å². The van der Waals surface area contributed by atoms with E-state index in [1.165, 1.54) is 0 Å². The summed E-state index contributed by atoms with van der Waals surface area (Å²) in [5.41, 5.74) is 7.58. The molecule has 4 N–H and O–H groups in total. The zero-order valence-corrected chi connectivity index (χ0v) is 8.95. The van der Waals surface area contributed by atoms with Crippen molar-refractivity contribution in [3.05, 3.63) is 29.3 Å². The number of hydrogen-bond acceptors (Lipinski definition) is 3. The Morgan fingerprint density at radius 1 is 1.60 bits per heavy atom. The number of amides is 1. The normalized spacial score (nSPS) is 12.2. The van der Waals surface area contributed by atoms with Crippen molar-refractivity contribution < 1.29 is 9.90 Å². The van der Waals surface area contributed by atoms with Gasteiger partial charge in [0.2, 0.25) is 0 Å². The summed E-state index contributed by atoms with van der Waals surface area (Å²) < 4.78 is 0. The molecule has 1 amide bonds. The summed E-state index contributed by atoms with van der Waals surface area (Å²) in [6.07, 6.45) is -0.556. The van der Waals surface area contributed by atoms with E-state index in [1.807, 2.05) is 13.0 Å². The van der Waals surface area contributed by atoms with Crippen LogP contribution in [0, 0.1) is 6.92 Å². The maximum atomic E-state index is 11.6. The fraction of sp³-hybridized carbons (Fsp3) is 0.364. The van der Waals surface area contributed by atoms with Crippen molar-refractivity contribution in [2.75, 3.05) is 12.3 Å². The maximum Gasteiger partial charge on any atom is 0.253 e. The zero-order valence-electron chi connectivity index (χ0n) is 8.95. The molecule has 4 nitrogen and oxygen atoms in total. The quantitative estimate of drug-likeness (QED) is 0.640. The molecule has 0 saturated heterocycles. The molecule has 0 aliphatic heterocycles. The zero-order chi connectivity index (χ0) is 11.4. The van der Waals surface area contributed by atoms with Crippen LogP contribution in [-0.2, 0) is 0 Å². The van der Waals surface area contributed by atoms with Crippen molar-refractivity contribution in [1.82, 2.24) is 5.32 Å². The number of carbonyl (C=O) groups excluding carboxylic acids is 1. The standard InChI is InChI=1S/C11H16N2O2/c1-7-4-3-5-9(10(7)12)11(15)13-6-8(2)14/h3-5,8,14H,6,12H2,1-2H3,(H,13,15)/t8-/m1/s1. The predicted molar refractivity (Wildman–Crippen MR) is 59.6 cm³/mol. The van der Waals surface area contributed by atoms with Crippen molar-refractivity contribution in [1.29, 1.82) is 0 Å². The van der Waals surface area contributed by atoms with Crippen molar-refractivity contribution in [3.63, 3.8) is 0 Å². The molecule has 1 aromatic rings. The number of rotatable bonds is 3. The van der Waals surface area contributed by atoms with Gasteiger partial charge in [0.15, 0.2) is 0 Å². The molecule has 0 spiro atoms. The number of nitrogens with two attached hydrogens (primary N) is 1. The maximum absolute atomic E-state index is 11.6. The summed E-state index contributed by atoms with van der Waals surface area (Å²) in [6.45, 7) is 3.69. The van der Waals surface area contributed by atoms with Crippen LogP contribution in [0.25, 0.3) is 0 Å². The van der Waals surface area contributed by atoms with E-state index in [0.29, 0.717) is 11.3 Å². The third kappa shape index (κ3) is 2.95. The van der Waals surface area contributed by atoms with Gasteiger partial charge in [-0.1, -0.05) is 12.1 Å². The van der Waals surface area contributed by atoms with Crippen molar-refractivity contribution in [2.45, 2.75) is 20.0 Å². The number of benzene rings is 1.